The summed E-state index contributed by atoms with van der Waals surface area (Å²) in [5, 5.41) is 0. The van der Waals surface area contributed by atoms with Gasteiger partial charge in [0, 0.05) is 6.92 Å². The molecule has 0 atom stereocenters. The summed E-state index contributed by atoms with van der Waals surface area (Å²) in [6.07, 6.45) is 2.00. The monoisotopic (exact) mass is 178 g/mol. The van der Waals surface area contributed by atoms with Gasteiger partial charge in [-0.25, -0.2) is 0 Å². The summed E-state index contributed by atoms with van der Waals surface area (Å²) in [5.74, 6) is 0.431. The Morgan fingerprint density at radius 2 is 2.08 bits per heavy atom. The molecule has 0 bridgehead atoms. The maximum absolute atomic E-state index is 10.7. The van der Waals surface area contributed by atoms with Gasteiger partial charge in [-0.1, -0.05) is 31.5 Å². The zero-order chi connectivity index (χ0) is 9.68. The van der Waals surface area contributed by atoms with Crippen molar-refractivity contribution < 1.29 is 9.53 Å². The van der Waals surface area contributed by atoms with E-state index in [1.54, 1.807) is 0 Å². The number of rotatable bonds is 3. The van der Waals surface area contributed by atoms with Gasteiger partial charge < -0.3 is 4.74 Å². The molecule has 13 heavy (non-hydrogen) atoms. The topological polar surface area (TPSA) is 26.3 Å². The molecular formula is C11H14O2. The zero-order valence-electron chi connectivity index (χ0n) is 8.04. The Morgan fingerprint density at radius 1 is 1.38 bits per heavy atom. The second-order valence-electron chi connectivity index (χ2n) is 2.95. The molecule has 0 spiro atoms. The molecule has 0 saturated carbocycles. The van der Waals surface area contributed by atoms with Crippen molar-refractivity contribution in [3.63, 3.8) is 0 Å². The average Bonchev–Trinajstić information content (AvgIpc) is 2.08. The average molecular weight is 178 g/mol. The highest BCUT2D eigenvalue weighted by Crippen LogP contribution is 2.19. The molecule has 70 valence electrons. The highest BCUT2D eigenvalue weighted by atomic mass is 16.5. The van der Waals surface area contributed by atoms with Gasteiger partial charge in [-0.2, -0.15) is 0 Å². The van der Waals surface area contributed by atoms with Crippen molar-refractivity contribution in [3.8, 4) is 5.75 Å². The molecule has 1 rings (SSSR count). The molecule has 0 heterocycles. The molecule has 0 saturated heterocycles. The Hall–Kier alpha value is -1.31. The van der Waals surface area contributed by atoms with E-state index < -0.39 is 0 Å². The molecule has 0 aliphatic heterocycles. The van der Waals surface area contributed by atoms with Crippen LogP contribution in [-0.2, 0) is 11.2 Å². The molecule has 2 nitrogen and oxygen atoms in total. The van der Waals surface area contributed by atoms with Crippen LogP contribution in [0.15, 0.2) is 24.3 Å². The zero-order valence-corrected chi connectivity index (χ0v) is 8.04. The van der Waals surface area contributed by atoms with Gasteiger partial charge in [0.1, 0.15) is 5.75 Å². The summed E-state index contributed by atoms with van der Waals surface area (Å²) in [7, 11) is 0. The number of benzene rings is 1. The molecule has 0 amide bonds. The Morgan fingerprint density at radius 3 is 2.69 bits per heavy atom. The van der Waals surface area contributed by atoms with Gasteiger partial charge in [-0.05, 0) is 18.1 Å². The van der Waals surface area contributed by atoms with E-state index in [4.69, 9.17) is 4.74 Å². The quantitative estimate of drug-likeness (QED) is 0.525. The minimum Gasteiger partial charge on any atom is -0.426 e. The summed E-state index contributed by atoms with van der Waals surface area (Å²) < 4.78 is 5.06. The van der Waals surface area contributed by atoms with Crippen molar-refractivity contribution >= 4 is 5.97 Å². The first kappa shape index (κ1) is 9.78. The number of hydrogen-bond acceptors (Lipinski definition) is 2. The summed E-state index contributed by atoms with van der Waals surface area (Å²) in [4.78, 5) is 10.7. The summed E-state index contributed by atoms with van der Waals surface area (Å²) in [6, 6.07) is 7.64. The number of carbonyl (C=O) groups excluding carboxylic acids is 1. The second kappa shape index (κ2) is 4.65. The Bertz CT molecular complexity index is 292. The highest BCUT2D eigenvalue weighted by molar-refractivity contribution is 5.69. The van der Waals surface area contributed by atoms with E-state index in [0.717, 1.165) is 18.4 Å². The fraction of sp³-hybridized carbons (Fsp3) is 0.364. The predicted molar refractivity (Wildman–Crippen MR) is 51.7 cm³/mol. The van der Waals surface area contributed by atoms with E-state index >= 15 is 0 Å². The van der Waals surface area contributed by atoms with Crippen LogP contribution < -0.4 is 4.74 Å². The van der Waals surface area contributed by atoms with Crippen molar-refractivity contribution in [1.82, 2.24) is 0 Å². The molecule has 0 N–H and O–H groups in total. The molecular weight excluding hydrogens is 164 g/mol. The minimum atomic E-state index is -0.261. The van der Waals surface area contributed by atoms with Crippen LogP contribution in [0.4, 0.5) is 0 Å². The van der Waals surface area contributed by atoms with Crippen molar-refractivity contribution in [2.75, 3.05) is 0 Å². The molecule has 1 aromatic carbocycles. The Kier molecular flexibility index (Phi) is 3.50. The van der Waals surface area contributed by atoms with Crippen LogP contribution in [0, 0.1) is 0 Å². The van der Waals surface area contributed by atoms with Gasteiger partial charge in [0.05, 0.1) is 0 Å². The van der Waals surface area contributed by atoms with Gasteiger partial charge >= 0.3 is 5.97 Å². The lowest BCUT2D eigenvalue weighted by Gasteiger charge is -2.06. The van der Waals surface area contributed by atoms with Crippen LogP contribution in [0.2, 0.25) is 0 Å². The second-order valence-corrected chi connectivity index (χ2v) is 2.95. The molecule has 2 heteroatoms. The third kappa shape index (κ3) is 2.90. The number of ether oxygens (including phenoxy) is 1. The summed E-state index contributed by atoms with van der Waals surface area (Å²) in [5.41, 5.74) is 1.10. The smallest absolute Gasteiger partial charge is 0.308 e. The number of carbonyl (C=O) groups is 1. The third-order valence-corrected chi connectivity index (χ3v) is 1.75. The lowest BCUT2D eigenvalue weighted by atomic mass is 10.1. The minimum absolute atomic E-state index is 0.261. The van der Waals surface area contributed by atoms with Crippen molar-refractivity contribution in [1.29, 1.82) is 0 Å². The van der Waals surface area contributed by atoms with E-state index in [2.05, 4.69) is 6.92 Å². The van der Waals surface area contributed by atoms with Crippen molar-refractivity contribution in [2.45, 2.75) is 26.7 Å². The SMILES string of the molecule is CCCc1ccccc1OC(C)=O. The molecule has 0 radical (unpaired) electrons. The molecule has 0 aromatic heterocycles. The van der Waals surface area contributed by atoms with Gasteiger partial charge in [-0.15, -0.1) is 0 Å². The van der Waals surface area contributed by atoms with Gasteiger partial charge in [0.15, 0.2) is 0 Å². The fourth-order valence-corrected chi connectivity index (χ4v) is 1.23. The number of aryl methyl sites for hydroxylation is 1. The van der Waals surface area contributed by atoms with E-state index in [1.807, 2.05) is 24.3 Å². The number of para-hydroxylation sites is 1. The first-order chi connectivity index (χ1) is 6.24. The Labute approximate surface area is 78.5 Å². The van der Waals surface area contributed by atoms with Crippen LogP contribution in [0.3, 0.4) is 0 Å². The van der Waals surface area contributed by atoms with E-state index in [0.29, 0.717) is 5.75 Å². The fourth-order valence-electron chi connectivity index (χ4n) is 1.23. The largest absolute Gasteiger partial charge is 0.426 e. The first-order valence-electron chi connectivity index (χ1n) is 4.50. The first-order valence-corrected chi connectivity index (χ1v) is 4.50. The van der Waals surface area contributed by atoms with Gasteiger partial charge in [-0.3, -0.25) is 4.79 Å². The lowest BCUT2D eigenvalue weighted by Crippen LogP contribution is -2.03. The van der Waals surface area contributed by atoms with Crippen LogP contribution in [0.5, 0.6) is 5.75 Å². The summed E-state index contributed by atoms with van der Waals surface area (Å²) >= 11 is 0. The van der Waals surface area contributed by atoms with Gasteiger partial charge in [0.25, 0.3) is 0 Å². The summed E-state index contributed by atoms with van der Waals surface area (Å²) in [6.45, 7) is 3.52. The highest BCUT2D eigenvalue weighted by Gasteiger charge is 2.03. The van der Waals surface area contributed by atoms with Crippen LogP contribution in [0.1, 0.15) is 25.8 Å². The molecule has 0 unspecified atom stereocenters. The van der Waals surface area contributed by atoms with Crippen molar-refractivity contribution in [2.24, 2.45) is 0 Å². The number of esters is 1. The maximum Gasteiger partial charge on any atom is 0.308 e. The van der Waals surface area contributed by atoms with Crippen molar-refractivity contribution in [3.05, 3.63) is 29.8 Å². The standard InChI is InChI=1S/C11H14O2/c1-3-6-10-7-4-5-8-11(10)13-9(2)12/h4-5,7-8H,3,6H2,1-2H3. The normalized spacial score (nSPS) is 9.69. The maximum atomic E-state index is 10.7. The lowest BCUT2D eigenvalue weighted by molar-refractivity contribution is -0.131. The van der Waals surface area contributed by atoms with Crippen LogP contribution >= 0.6 is 0 Å². The molecule has 0 aliphatic carbocycles. The molecule has 0 aliphatic rings. The Balaban J connectivity index is 2.84. The number of hydrogen-bond donors (Lipinski definition) is 0. The van der Waals surface area contributed by atoms with Crippen LogP contribution in [0.25, 0.3) is 0 Å². The van der Waals surface area contributed by atoms with E-state index in [-0.39, 0.29) is 5.97 Å². The third-order valence-electron chi connectivity index (χ3n) is 1.75. The predicted octanol–water partition coefficient (Wildman–Crippen LogP) is 2.56. The van der Waals surface area contributed by atoms with E-state index in [9.17, 15) is 4.79 Å². The van der Waals surface area contributed by atoms with E-state index in [1.165, 1.54) is 6.92 Å². The molecule has 0 fully saturated rings. The van der Waals surface area contributed by atoms with Crippen LogP contribution in [-0.4, -0.2) is 5.97 Å². The molecule has 1 aromatic rings. The van der Waals surface area contributed by atoms with Gasteiger partial charge in [0.2, 0.25) is 0 Å².